The number of ether oxygens (including phenoxy) is 1. The molecule has 1 aromatic carbocycles. The van der Waals surface area contributed by atoms with Crippen molar-refractivity contribution in [2.75, 3.05) is 13.1 Å². The van der Waals surface area contributed by atoms with Gasteiger partial charge < -0.3 is 15.4 Å². The minimum absolute atomic E-state index is 0.133. The summed E-state index contributed by atoms with van der Waals surface area (Å²) in [5, 5.41) is 6.25. The number of allylic oxidation sites excluding steroid dienone is 1. The Kier molecular flexibility index (Phi) is 10.5. The monoisotopic (exact) mass is 360 g/mol. The minimum atomic E-state index is -0.216. The highest BCUT2D eigenvalue weighted by molar-refractivity contribution is 5.75. The molecule has 1 aromatic rings. The van der Waals surface area contributed by atoms with Crippen molar-refractivity contribution in [1.82, 2.24) is 10.6 Å². The Balaban J connectivity index is 2.00. The van der Waals surface area contributed by atoms with Crippen LogP contribution >= 0.6 is 0 Å². The van der Waals surface area contributed by atoms with Gasteiger partial charge in [-0.25, -0.2) is 0 Å². The van der Waals surface area contributed by atoms with Gasteiger partial charge in [0.2, 0.25) is 5.91 Å². The van der Waals surface area contributed by atoms with Gasteiger partial charge in [0, 0.05) is 19.5 Å². The molecule has 0 aromatic heterocycles. The SMILES string of the molecule is C/C=C(\NCCCC(=O)NCCCCCc1ccccc1)OC(C)(C)C. The fraction of sp³-hybridized carbons (Fsp3) is 0.591. The van der Waals surface area contributed by atoms with E-state index in [0.717, 1.165) is 44.7 Å². The lowest BCUT2D eigenvalue weighted by molar-refractivity contribution is -0.121. The molecule has 0 aliphatic carbocycles. The quantitative estimate of drug-likeness (QED) is 0.424. The van der Waals surface area contributed by atoms with Crippen LogP contribution in [0.3, 0.4) is 0 Å². The van der Waals surface area contributed by atoms with Crippen LogP contribution in [0.5, 0.6) is 0 Å². The van der Waals surface area contributed by atoms with Crippen molar-refractivity contribution in [1.29, 1.82) is 0 Å². The molecule has 146 valence electrons. The molecule has 4 nitrogen and oxygen atoms in total. The number of aryl methyl sites for hydroxylation is 1. The second-order valence-electron chi connectivity index (χ2n) is 7.54. The smallest absolute Gasteiger partial charge is 0.220 e. The Hall–Kier alpha value is -1.97. The second kappa shape index (κ2) is 12.4. The maximum Gasteiger partial charge on any atom is 0.220 e. The zero-order valence-corrected chi connectivity index (χ0v) is 16.9. The molecule has 26 heavy (non-hydrogen) atoms. The van der Waals surface area contributed by atoms with Crippen LogP contribution in [0, 0.1) is 0 Å². The summed E-state index contributed by atoms with van der Waals surface area (Å²) in [6.45, 7) is 9.51. The second-order valence-corrected chi connectivity index (χ2v) is 7.54. The Morgan fingerprint density at radius 3 is 2.35 bits per heavy atom. The number of unbranched alkanes of at least 4 members (excludes halogenated alkanes) is 2. The lowest BCUT2D eigenvalue weighted by Crippen LogP contribution is -2.28. The van der Waals surface area contributed by atoms with Crippen molar-refractivity contribution in [2.45, 2.75) is 71.8 Å². The average molecular weight is 361 g/mol. The van der Waals surface area contributed by atoms with E-state index in [9.17, 15) is 4.79 Å². The summed E-state index contributed by atoms with van der Waals surface area (Å²) in [5.74, 6) is 0.907. The molecule has 0 spiro atoms. The Labute approximate surface area is 159 Å². The van der Waals surface area contributed by atoms with Crippen LogP contribution in [0.2, 0.25) is 0 Å². The third-order valence-corrected chi connectivity index (χ3v) is 3.87. The van der Waals surface area contributed by atoms with Gasteiger partial charge in [-0.1, -0.05) is 36.8 Å². The van der Waals surface area contributed by atoms with Crippen molar-refractivity contribution < 1.29 is 9.53 Å². The molecule has 0 radical (unpaired) electrons. The van der Waals surface area contributed by atoms with Crippen molar-refractivity contribution >= 4 is 5.91 Å². The Morgan fingerprint density at radius 1 is 1.00 bits per heavy atom. The van der Waals surface area contributed by atoms with E-state index in [1.807, 2.05) is 39.8 Å². The highest BCUT2D eigenvalue weighted by atomic mass is 16.5. The number of hydrogen-bond donors (Lipinski definition) is 2. The summed E-state index contributed by atoms with van der Waals surface area (Å²) in [4.78, 5) is 11.9. The zero-order chi connectivity index (χ0) is 19.3. The molecular weight excluding hydrogens is 324 g/mol. The number of carbonyl (C=O) groups is 1. The molecule has 0 heterocycles. The normalized spacial score (nSPS) is 11.9. The average Bonchev–Trinajstić information content (AvgIpc) is 2.60. The summed E-state index contributed by atoms with van der Waals surface area (Å²) >= 11 is 0. The predicted octanol–water partition coefficient (Wildman–Crippen LogP) is 4.56. The predicted molar refractivity (Wildman–Crippen MR) is 109 cm³/mol. The summed E-state index contributed by atoms with van der Waals surface area (Å²) in [5.41, 5.74) is 1.17. The van der Waals surface area contributed by atoms with E-state index in [4.69, 9.17) is 4.74 Å². The fourth-order valence-electron chi connectivity index (χ4n) is 2.58. The van der Waals surface area contributed by atoms with E-state index in [1.54, 1.807) is 0 Å². The zero-order valence-electron chi connectivity index (χ0n) is 16.9. The van der Waals surface area contributed by atoms with Crippen molar-refractivity contribution in [3.63, 3.8) is 0 Å². The third-order valence-electron chi connectivity index (χ3n) is 3.87. The first-order chi connectivity index (χ1) is 12.4. The summed E-state index contributed by atoms with van der Waals surface area (Å²) in [6, 6.07) is 10.5. The number of benzene rings is 1. The van der Waals surface area contributed by atoms with Gasteiger partial charge in [-0.15, -0.1) is 0 Å². The van der Waals surface area contributed by atoms with Gasteiger partial charge in [-0.3, -0.25) is 4.79 Å². The van der Waals surface area contributed by atoms with Crippen molar-refractivity contribution in [3.8, 4) is 0 Å². The lowest BCUT2D eigenvalue weighted by Gasteiger charge is -2.24. The van der Waals surface area contributed by atoms with Crippen LogP contribution in [0.15, 0.2) is 42.3 Å². The molecule has 0 saturated carbocycles. The number of hydrogen-bond acceptors (Lipinski definition) is 3. The molecule has 0 aliphatic heterocycles. The third kappa shape index (κ3) is 11.6. The van der Waals surface area contributed by atoms with Gasteiger partial charge in [0.15, 0.2) is 5.88 Å². The summed E-state index contributed by atoms with van der Waals surface area (Å²) in [6.07, 6.45) is 7.73. The maximum absolute atomic E-state index is 11.9. The van der Waals surface area contributed by atoms with Crippen LogP contribution in [-0.2, 0) is 16.0 Å². The Bertz CT molecular complexity index is 533. The lowest BCUT2D eigenvalue weighted by atomic mass is 10.1. The van der Waals surface area contributed by atoms with Crippen LogP contribution in [-0.4, -0.2) is 24.6 Å². The van der Waals surface area contributed by atoms with Gasteiger partial charge in [-0.05, 0) is 65.0 Å². The van der Waals surface area contributed by atoms with Gasteiger partial charge in [0.1, 0.15) is 5.60 Å². The van der Waals surface area contributed by atoms with Crippen molar-refractivity contribution in [2.24, 2.45) is 0 Å². The van der Waals surface area contributed by atoms with E-state index in [1.165, 1.54) is 12.0 Å². The fourth-order valence-corrected chi connectivity index (χ4v) is 2.58. The van der Waals surface area contributed by atoms with E-state index < -0.39 is 0 Å². The Morgan fingerprint density at radius 2 is 1.69 bits per heavy atom. The molecule has 0 aliphatic rings. The van der Waals surface area contributed by atoms with Gasteiger partial charge >= 0.3 is 0 Å². The summed E-state index contributed by atoms with van der Waals surface area (Å²) in [7, 11) is 0. The largest absolute Gasteiger partial charge is 0.474 e. The van der Waals surface area contributed by atoms with Crippen LogP contribution in [0.4, 0.5) is 0 Å². The molecule has 0 fully saturated rings. The number of rotatable bonds is 12. The van der Waals surface area contributed by atoms with E-state index in [0.29, 0.717) is 6.42 Å². The number of nitrogens with one attached hydrogen (secondary N) is 2. The molecule has 0 bridgehead atoms. The van der Waals surface area contributed by atoms with Crippen LogP contribution in [0.1, 0.15) is 65.4 Å². The van der Waals surface area contributed by atoms with E-state index in [-0.39, 0.29) is 11.5 Å². The van der Waals surface area contributed by atoms with Gasteiger partial charge in [0.25, 0.3) is 0 Å². The van der Waals surface area contributed by atoms with E-state index >= 15 is 0 Å². The minimum Gasteiger partial charge on any atom is -0.474 e. The molecule has 1 amide bonds. The van der Waals surface area contributed by atoms with Crippen LogP contribution in [0.25, 0.3) is 0 Å². The first-order valence-corrected chi connectivity index (χ1v) is 9.80. The molecule has 1 rings (SSSR count). The molecule has 2 N–H and O–H groups in total. The maximum atomic E-state index is 11.9. The first-order valence-electron chi connectivity index (χ1n) is 9.80. The van der Waals surface area contributed by atoms with Crippen LogP contribution < -0.4 is 10.6 Å². The van der Waals surface area contributed by atoms with E-state index in [2.05, 4.69) is 34.9 Å². The molecule has 0 unspecified atom stereocenters. The number of carbonyl (C=O) groups excluding carboxylic acids is 1. The summed E-state index contributed by atoms with van der Waals surface area (Å²) < 4.78 is 5.78. The standard InChI is InChI=1S/C22H36N2O2/c1-5-21(26-22(2,3)4)24-18-12-16-20(25)23-17-11-7-10-15-19-13-8-6-9-14-19/h5-6,8-9,13-14,24H,7,10-12,15-18H2,1-4H3,(H,23,25)/b21-5+. The number of amides is 1. The highest BCUT2D eigenvalue weighted by Crippen LogP contribution is 2.11. The van der Waals surface area contributed by atoms with Crippen molar-refractivity contribution in [3.05, 3.63) is 47.9 Å². The molecule has 0 saturated heterocycles. The molecular formula is C22H36N2O2. The molecule has 0 atom stereocenters. The molecule has 4 heteroatoms. The highest BCUT2D eigenvalue weighted by Gasteiger charge is 2.12. The van der Waals surface area contributed by atoms with Gasteiger partial charge in [-0.2, -0.15) is 0 Å². The first kappa shape index (κ1) is 22.1. The van der Waals surface area contributed by atoms with Gasteiger partial charge in [0.05, 0.1) is 0 Å². The topological polar surface area (TPSA) is 50.4 Å².